The monoisotopic (exact) mass is 276 g/mol. The fraction of sp³-hybridized carbons (Fsp3) is 0.273. The number of hydrogen-bond donors (Lipinski definition) is 2. The molecule has 0 bridgehead atoms. The zero-order valence-corrected chi connectivity index (χ0v) is 11.2. The van der Waals surface area contributed by atoms with Gasteiger partial charge in [-0.05, 0) is 19.2 Å². The number of carbonyl (C=O) groups is 2. The summed E-state index contributed by atoms with van der Waals surface area (Å²) < 4.78 is 8.69. The van der Waals surface area contributed by atoms with Crippen LogP contribution in [0.4, 0.5) is 9.59 Å². The first-order valence-electron chi connectivity index (χ1n) is 4.86. The van der Waals surface area contributed by atoms with Crippen LogP contribution < -0.4 is 15.8 Å². The summed E-state index contributed by atoms with van der Waals surface area (Å²) in [6.45, 7) is 0. The summed E-state index contributed by atoms with van der Waals surface area (Å²) in [5, 5.41) is 2.25. The number of amides is 1. The number of nitrogens with two attached hydrogens (primary N) is 1. The highest BCUT2D eigenvalue weighted by Crippen LogP contribution is 2.09. The maximum absolute atomic E-state index is 10.2. The van der Waals surface area contributed by atoms with Gasteiger partial charge < -0.3 is 20.5 Å². The van der Waals surface area contributed by atoms with E-state index in [1.807, 2.05) is 6.07 Å². The standard InChI is InChI=1S/C7H5ClO2.C3H7NO2.CH5N/c8-7(9)10-6-4-2-1-3-5-6;1-4-3(5)6-2;1-2/h1-5H;1-2H3,(H,4,5);2H2,1H3. The largest absolute Gasteiger partial charge is 0.453 e. The van der Waals surface area contributed by atoms with Crippen LogP contribution in [0.25, 0.3) is 0 Å². The molecule has 0 fully saturated rings. The molecule has 6 nitrogen and oxygen atoms in total. The fourth-order valence-corrected chi connectivity index (χ4v) is 0.772. The summed E-state index contributed by atoms with van der Waals surface area (Å²) in [6, 6.07) is 8.65. The molecule has 3 N–H and O–H groups in total. The number of rotatable bonds is 1. The first kappa shape index (κ1) is 18.6. The van der Waals surface area contributed by atoms with Gasteiger partial charge in [0.25, 0.3) is 0 Å². The van der Waals surface area contributed by atoms with Crippen molar-refractivity contribution in [2.45, 2.75) is 0 Å². The number of ether oxygens (including phenoxy) is 2. The molecule has 0 aromatic heterocycles. The van der Waals surface area contributed by atoms with Crippen LogP contribution in [-0.4, -0.2) is 32.7 Å². The average molecular weight is 277 g/mol. The first-order valence-corrected chi connectivity index (χ1v) is 5.23. The molecule has 102 valence electrons. The predicted molar refractivity (Wildman–Crippen MR) is 69.9 cm³/mol. The number of alkyl carbamates (subject to hydrolysis) is 1. The topological polar surface area (TPSA) is 90.6 Å². The van der Waals surface area contributed by atoms with Crippen LogP contribution >= 0.6 is 11.6 Å². The van der Waals surface area contributed by atoms with Crippen LogP contribution in [-0.2, 0) is 4.74 Å². The fourth-order valence-electron chi connectivity index (χ4n) is 0.683. The Bertz CT molecular complexity index is 327. The highest BCUT2D eigenvalue weighted by molar-refractivity contribution is 6.61. The number of halogens is 1. The van der Waals surface area contributed by atoms with E-state index in [0.29, 0.717) is 5.75 Å². The van der Waals surface area contributed by atoms with Gasteiger partial charge in [0, 0.05) is 18.6 Å². The zero-order valence-electron chi connectivity index (χ0n) is 10.5. The molecule has 1 aromatic rings. The Balaban J connectivity index is 0. The molecule has 1 rings (SSSR count). The van der Waals surface area contributed by atoms with Crippen molar-refractivity contribution < 1.29 is 19.1 Å². The Kier molecular flexibility index (Phi) is 13.7. The van der Waals surface area contributed by atoms with Gasteiger partial charge in [0.2, 0.25) is 0 Å². The Labute approximate surface area is 111 Å². The normalized spacial score (nSPS) is 7.61. The summed E-state index contributed by atoms with van der Waals surface area (Å²) in [4.78, 5) is 20.0. The van der Waals surface area contributed by atoms with Crippen LogP contribution in [0.3, 0.4) is 0 Å². The Hall–Kier alpha value is -1.79. The number of carbonyl (C=O) groups excluding carboxylic acids is 2. The lowest BCUT2D eigenvalue weighted by Crippen LogP contribution is -2.16. The first-order chi connectivity index (χ1) is 8.60. The van der Waals surface area contributed by atoms with Crippen LogP contribution in [0, 0.1) is 0 Å². The lowest BCUT2D eigenvalue weighted by molar-refractivity contribution is 0.173. The second kappa shape index (κ2) is 13.3. The van der Waals surface area contributed by atoms with Crippen molar-refractivity contribution in [1.82, 2.24) is 5.32 Å². The van der Waals surface area contributed by atoms with E-state index in [4.69, 9.17) is 11.6 Å². The highest BCUT2D eigenvalue weighted by atomic mass is 35.5. The summed E-state index contributed by atoms with van der Waals surface area (Å²) in [7, 11) is 4.32. The minimum absolute atomic E-state index is 0.407. The number of methoxy groups -OCH3 is 1. The van der Waals surface area contributed by atoms with Crippen molar-refractivity contribution in [3.05, 3.63) is 30.3 Å². The molecule has 0 radical (unpaired) electrons. The van der Waals surface area contributed by atoms with Gasteiger partial charge in [0.1, 0.15) is 5.75 Å². The maximum atomic E-state index is 10.2. The van der Waals surface area contributed by atoms with Gasteiger partial charge in [0.05, 0.1) is 7.11 Å². The molecular formula is C11H17ClN2O4. The van der Waals surface area contributed by atoms with Crippen LogP contribution in [0.15, 0.2) is 30.3 Å². The molecule has 18 heavy (non-hydrogen) atoms. The molecule has 1 aromatic carbocycles. The van der Waals surface area contributed by atoms with Crippen molar-refractivity contribution in [2.75, 3.05) is 21.2 Å². The van der Waals surface area contributed by atoms with Crippen LogP contribution in [0.5, 0.6) is 5.75 Å². The van der Waals surface area contributed by atoms with Crippen LogP contribution in [0.1, 0.15) is 0 Å². The number of hydrogen-bond acceptors (Lipinski definition) is 5. The van der Waals surface area contributed by atoms with Gasteiger partial charge in [-0.15, -0.1) is 0 Å². The summed E-state index contributed by atoms with van der Waals surface area (Å²) in [5.41, 5.74) is 3.69. The summed E-state index contributed by atoms with van der Waals surface area (Å²) >= 11 is 4.95. The van der Waals surface area contributed by atoms with E-state index in [1.54, 1.807) is 24.3 Å². The average Bonchev–Trinajstić information content (AvgIpc) is 2.41. The van der Waals surface area contributed by atoms with E-state index in [1.165, 1.54) is 21.2 Å². The van der Waals surface area contributed by atoms with E-state index in [2.05, 4.69) is 20.5 Å². The quantitative estimate of drug-likeness (QED) is 0.765. The smallest absolute Gasteiger partial charge is 0.409 e. The van der Waals surface area contributed by atoms with Crippen molar-refractivity contribution in [1.29, 1.82) is 0 Å². The van der Waals surface area contributed by atoms with Gasteiger partial charge in [-0.25, -0.2) is 9.59 Å². The van der Waals surface area contributed by atoms with Gasteiger partial charge in [-0.2, -0.15) is 0 Å². The minimum Gasteiger partial charge on any atom is -0.453 e. The zero-order chi connectivity index (χ0) is 14.4. The third kappa shape index (κ3) is 12.3. The van der Waals surface area contributed by atoms with E-state index in [0.717, 1.165) is 0 Å². The molecule has 0 aliphatic carbocycles. The van der Waals surface area contributed by atoms with Crippen molar-refractivity contribution >= 4 is 23.1 Å². The maximum Gasteiger partial charge on any atom is 0.409 e. The molecule has 7 heteroatoms. The van der Waals surface area contributed by atoms with Gasteiger partial charge >= 0.3 is 11.5 Å². The summed E-state index contributed by atoms with van der Waals surface area (Å²) in [6.07, 6.45) is -0.407. The second-order valence-corrected chi connectivity index (χ2v) is 2.70. The third-order valence-electron chi connectivity index (χ3n) is 1.33. The minimum atomic E-state index is -0.814. The molecule has 0 spiro atoms. The number of para-hydroxylation sites is 1. The van der Waals surface area contributed by atoms with Gasteiger partial charge in [-0.1, -0.05) is 18.2 Å². The van der Waals surface area contributed by atoms with E-state index < -0.39 is 11.5 Å². The Morgan fingerprint density at radius 1 is 1.22 bits per heavy atom. The lowest BCUT2D eigenvalue weighted by atomic mass is 10.3. The Morgan fingerprint density at radius 3 is 2.00 bits per heavy atom. The van der Waals surface area contributed by atoms with E-state index in [-0.39, 0.29) is 0 Å². The third-order valence-corrected chi connectivity index (χ3v) is 1.41. The van der Waals surface area contributed by atoms with Crippen LogP contribution in [0.2, 0.25) is 0 Å². The Morgan fingerprint density at radius 2 is 1.72 bits per heavy atom. The molecule has 0 saturated heterocycles. The molecule has 0 unspecified atom stereocenters. The summed E-state index contributed by atoms with van der Waals surface area (Å²) in [5.74, 6) is 0.461. The van der Waals surface area contributed by atoms with Gasteiger partial charge in [-0.3, -0.25) is 0 Å². The molecule has 0 heterocycles. The van der Waals surface area contributed by atoms with Crippen molar-refractivity contribution in [2.24, 2.45) is 5.73 Å². The molecule has 0 aliphatic heterocycles. The molecule has 1 amide bonds. The second-order valence-electron chi connectivity index (χ2n) is 2.39. The number of nitrogens with one attached hydrogen (secondary N) is 1. The predicted octanol–water partition coefficient (Wildman–Crippen LogP) is 1.97. The SMILES string of the molecule is CN.CNC(=O)OC.O=C(Cl)Oc1ccccc1. The number of benzene rings is 1. The van der Waals surface area contributed by atoms with Crippen molar-refractivity contribution in [3.63, 3.8) is 0 Å². The molecule has 0 atom stereocenters. The van der Waals surface area contributed by atoms with Gasteiger partial charge in [0.15, 0.2) is 0 Å². The highest BCUT2D eigenvalue weighted by Gasteiger charge is 1.95. The van der Waals surface area contributed by atoms with Crippen molar-refractivity contribution in [3.8, 4) is 5.75 Å². The molecular weight excluding hydrogens is 260 g/mol. The lowest BCUT2D eigenvalue weighted by Gasteiger charge is -1.95. The van der Waals surface area contributed by atoms with E-state index >= 15 is 0 Å². The van der Waals surface area contributed by atoms with E-state index in [9.17, 15) is 9.59 Å². The molecule has 0 aliphatic rings. The molecule has 0 saturated carbocycles.